The van der Waals surface area contributed by atoms with E-state index in [0.29, 0.717) is 11.8 Å². The molecule has 0 saturated heterocycles. The van der Waals surface area contributed by atoms with Gasteiger partial charge in [-0.1, -0.05) is 42.0 Å². The summed E-state index contributed by atoms with van der Waals surface area (Å²) < 4.78 is 0. The first-order valence-electron chi connectivity index (χ1n) is 8.04. The standard InChI is InChI=1S/C19H21N/c1-12-8-17-15-6-2-4-13(15)10-20-11-14-5-3-7-16(14)18(9-12)19(17)20/h2-3,6-9,13-16H,4-5,10-11H2,1H3/t13-,14+,15-,16-/m1/s1. The molecule has 0 aromatic heterocycles. The van der Waals surface area contributed by atoms with Crippen LogP contribution in [-0.4, -0.2) is 13.1 Å². The Hall–Kier alpha value is -1.50. The van der Waals surface area contributed by atoms with Crippen LogP contribution in [0.4, 0.5) is 5.69 Å². The minimum absolute atomic E-state index is 0.682. The number of hydrogen-bond acceptors (Lipinski definition) is 1. The molecule has 20 heavy (non-hydrogen) atoms. The molecule has 0 spiro atoms. The maximum atomic E-state index is 2.71. The molecule has 1 nitrogen and oxygen atoms in total. The SMILES string of the molecule is Cc1cc2c3c(c1)[C@@H]1C=CC[C@H]1CN3C[C@H]1CC=C[C@@H]21. The van der Waals surface area contributed by atoms with Crippen molar-refractivity contribution in [2.24, 2.45) is 11.8 Å². The van der Waals surface area contributed by atoms with E-state index >= 15 is 0 Å². The number of benzene rings is 1. The van der Waals surface area contributed by atoms with Gasteiger partial charge in [0, 0.05) is 30.6 Å². The molecule has 0 unspecified atom stereocenters. The maximum Gasteiger partial charge on any atom is 0.0444 e. The third-order valence-electron chi connectivity index (χ3n) is 5.84. The van der Waals surface area contributed by atoms with E-state index in [-0.39, 0.29) is 0 Å². The molecular formula is C19H21N. The molecule has 0 bridgehead atoms. The normalized spacial score (nSPS) is 36.0. The number of fused-ring (bicyclic) bond motifs is 4. The highest BCUT2D eigenvalue weighted by Gasteiger charge is 2.41. The van der Waals surface area contributed by atoms with Crippen molar-refractivity contribution in [1.82, 2.24) is 0 Å². The van der Waals surface area contributed by atoms with Gasteiger partial charge in [-0.05, 0) is 42.7 Å². The van der Waals surface area contributed by atoms with E-state index < -0.39 is 0 Å². The lowest BCUT2D eigenvalue weighted by molar-refractivity contribution is 0.410. The Kier molecular flexibility index (Phi) is 2.12. The molecule has 2 aliphatic carbocycles. The molecule has 0 N–H and O–H groups in total. The number of nitrogens with zero attached hydrogens (tertiary/aromatic N) is 1. The van der Waals surface area contributed by atoms with Crippen LogP contribution in [0.3, 0.4) is 0 Å². The fraction of sp³-hybridized carbons (Fsp3) is 0.474. The van der Waals surface area contributed by atoms with Gasteiger partial charge >= 0.3 is 0 Å². The van der Waals surface area contributed by atoms with E-state index in [1.807, 2.05) is 0 Å². The van der Waals surface area contributed by atoms with Gasteiger partial charge in [-0.3, -0.25) is 0 Å². The summed E-state index contributed by atoms with van der Waals surface area (Å²) >= 11 is 0. The summed E-state index contributed by atoms with van der Waals surface area (Å²) in [5.74, 6) is 3.01. The zero-order chi connectivity index (χ0) is 13.3. The molecule has 1 aromatic rings. The average molecular weight is 263 g/mol. The Bertz CT molecular complexity index is 588. The predicted octanol–water partition coefficient (Wildman–Crippen LogP) is 4.15. The van der Waals surface area contributed by atoms with Crippen molar-refractivity contribution >= 4 is 5.69 Å². The van der Waals surface area contributed by atoms with Gasteiger partial charge in [0.25, 0.3) is 0 Å². The minimum atomic E-state index is 0.682. The molecule has 0 amide bonds. The van der Waals surface area contributed by atoms with Crippen LogP contribution in [0.5, 0.6) is 0 Å². The Balaban J connectivity index is 1.76. The average Bonchev–Trinajstić information content (AvgIpc) is 3.06. The summed E-state index contributed by atoms with van der Waals surface area (Å²) in [6.07, 6.45) is 12.3. The molecule has 0 saturated carbocycles. The highest BCUT2D eigenvalue weighted by Crippen LogP contribution is 2.52. The zero-order valence-corrected chi connectivity index (χ0v) is 12.0. The van der Waals surface area contributed by atoms with Gasteiger partial charge in [0.2, 0.25) is 0 Å². The second kappa shape index (κ2) is 3.78. The lowest BCUT2D eigenvalue weighted by Gasteiger charge is -2.46. The van der Waals surface area contributed by atoms with Crippen molar-refractivity contribution < 1.29 is 0 Å². The molecule has 102 valence electrons. The van der Waals surface area contributed by atoms with E-state index in [1.54, 1.807) is 16.8 Å². The van der Waals surface area contributed by atoms with Crippen LogP contribution in [-0.2, 0) is 0 Å². The summed E-state index contributed by atoms with van der Waals surface area (Å²) in [6.45, 7) is 4.81. The summed E-state index contributed by atoms with van der Waals surface area (Å²) in [5.41, 5.74) is 6.27. The molecule has 4 atom stereocenters. The summed E-state index contributed by atoms with van der Waals surface area (Å²) in [5, 5.41) is 0. The number of anilines is 1. The summed E-state index contributed by atoms with van der Waals surface area (Å²) in [7, 11) is 0. The maximum absolute atomic E-state index is 2.71. The smallest absolute Gasteiger partial charge is 0.0444 e. The number of rotatable bonds is 0. The quantitative estimate of drug-likeness (QED) is 0.636. The van der Waals surface area contributed by atoms with E-state index in [1.165, 1.54) is 31.5 Å². The van der Waals surface area contributed by atoms with Gasteiger partial charge in [0.1, 0.15) is 0 Å². The monoisotopic (exact) mass is 263 g/mol. The zero-order valence-electron chi connectivity index (χ0n) is 12.0. The highest BCUT2D eigenvalue weighted by molar-refractivity contribution is 5.69. The van der Waals surface area contributed by atoms with Crippen LogP contribution < -0.4 is 4.90 Å². The van der Waals surface area contributed by atoms with Gasteiger partial charge in [0.05, 0.1) is 0 Å². The van der Waals surface area contributed by atoms with Crippen molar-refractivity contribution in [2.75, 3.05) is 18.0 Å². The van der Waals surface area contributed by atoms with Gasteiger partial charge < -0.3 is 4.90 Å². The fourth-order valence-electron chi connectivity index (χ4n) is 5.03. The van der Waals surface area contributed by atoms with Gasteiger partial charge in [-0.25, -0.2) is 0 Å². The van der Waals surface area contributed by atoms with Crippen LogP contribution in [0.1, 0.15) is 41.4 Å². The minimum Gasteiger partial charge on any atom is -0.370 e. The molecule has 2 aliphatic heterocycles. The highest BCUT2D eigenvalue weighted by atomic mass is 15.2. The van der Waals surface area contributed by atoms with E-state index in [4.69, 9.17) is 0 Å². The first-order chi connectivity index (χ1) is 9.81. The van der Waals surface area contributed by atoms with Crippen LogP contribution in [0.2, 0.25) is 0 Å². The molecule has 5 rings (SSSR count). The predicted molar refractivity (Wildman–Crippen MR) is 83.4 cm³/mol. The van der Waals surface area contributed by atoms with E-state index in [0.717, 1.165) is 11.8 Å². The van der Waals surface area contributed by atoms with Crippen molar-refractivity contribution in [3.63, 3.8) is 0 Å². The molecule has 0 radical (unpaired) electrons. The van der Waals surface area contributed by atoms with Crippen LogP contribution >= 0.6 is 0 Å². The van der Waals surface area contributed by atoms with Crippen LogP contribution in [0.25, 0.3) is 0 Å². The van der Waals surface area contributed by atoms with Crippen molar-refractivity contribution in [1.29, 1.82) is 0 Å². The van der Waals surface area contributed by atoms with Gasteiger partial charge in [-0.15, -0.1) is 0 Å². The van der Waals surface area contributed by atoms with Crippen molar-refractivity contribution in [2.45, 2.75) is 31.6 Å². The third kappa shape index (κ3) is 1.33. The largest absolute Gasteiger partial charge is 0.370 e. The molecule has 4 aliphatic rings. The molecular weight excluding hydrogens is 242 g/mol. The lowest BCUT2D eigenvalue weighted by Crippen LogP contribution is -2.43. The fourth-order valence-corrected chi connectivity index (χ4v) is 5.03. The first kappa shape index (κ1) is 11.2. The summed E-state index contributed by atoms with van der Waals surface area (Å²) in [4.78, 5) is 2.71. The van der Waals surface area contributed by atoms with Gasteiger partial charge in [-0.2, -0.15) is 0 Å². The number of allylic oxidation sites excluding steroid dienone is 4. The lowest BCUT2D eigenvalue weighted by atomic mass is 9.74. The van der Waals surface area contributed by atoms with E-state index in [9.17, 15) is 0 Å². The topological polar surface area (TPSA) is 3.24 Å². The second-order valence-corrected chi connectivity index (χ2v) is 7.10. The molecule has 1 aromatic carbocycles. The van der Waals surface area contributed by atoms with Crippen LogP contribution in [0.15, 0.2) is 36.4 Å². The molecule has 1 heteroatoms. The Morgan fingerprint density at radius 2 is 1.45 bits per heavy atom. The van der Waals surface area contributed by atoms with Crippen molar-refractivity contribution in [3.05, 3.63) is 53.1 Å². The Labute approximate surface area is 121 Å². The first-order valence-corrected chi connectivity index (χ1v) is 8.04. The van der Waals surface area contributed by atoms with Gasteiger partial charge in [0.15, 0.2) is 0 Å². The second-order valence-electron chi connectivity index (χ2n) is 7.10. The Morgan fingerprint density at radius 3 is 2.00 bits per heavy atom. The third-order valence-corrected chi connectivity index (χ3v) is 5.84. The van der Waals surface area contributed by atoms with E-state index in [2.05, 4.69) is 48.3 Å². The molecule has 0 fully saturated rings. The van der Waals surface area contributed by atoms with Crippen LogP contribution in [0, 0.1) is 18.8 Å². The number of aryl methyl sites for hydroxylation is 1. The van der Waals surface area contributed by atoms with Crippen molar-refractivity contribution in [3.8, 4) is 0 Å². The Morgan fingerprint density at radius 1 is 0.900 bits per heavy atom. The number of hydrogen-bond donors (Lipinski definition) is 0. The summed E-state index contributed by atoms with van der Waals surface area (Å²) in [6, 6.07) is 4.91. The molecule has 2 heterocycles.